The first-order chi connectivity index (χ1) is 16.0. The van der Waals surface area contributed by atoms with Crippen molar-refractivity contribution in [1.82, 2.24) is 14.6 Å². The Kier molecular flexibility index (Phi) is 6.60. The quantitative estimate of drug-likeness (QED) is 0.388. The van der Waals surface area contributed by atoms with Gasteiger partial charge in [0.05, 0.1) is 23.8 Å². The predicted octanol–water partition coefficient (Wildman–Crippen LogP) is 2.23. The van der Waals surface area contributed by atoms with Crippen LogP contribution in [0.25, 0.3) is 11.0 Å². The van der Waals surface area contributed by atoms with Gasteiger partial charge in [0.15, 0.2) is 0 Å². The number of carbonyl (C=O) groups excluding carboxylic acids is 1. The molecule has 4 aromatic rings. The zero-order chi connectivity index (χ0) is 23.4. The lowest BCUT2D eigenvalue weighted by molar-refractivity contribution is 0.0600. The normalized spacial score (nSPS) is 11.6. The van der Waals surface area contributed by atoms with Crippen LogP contribution in [0.1, 0.15) is 40.5 Å². The second-order valence-corrected chi connectivity index (χ2v) is 8.27. The van der Waals surface area contributed by atoms with E-state index in [-0.39, 0.29) is 22.6 Å². The molecular formula is C24H21N3O5S. The van der Waals surface area contributed by atoms with Gasteiger partial charge >= 0.3 is 5.97 Å². The highest BCUT2D eigenvalue weighted by Gasteiger charge is 2.12. The molecule has 0 saturated carbocycles. The molecule has 4 rings (SSSR count). The molecule has 0 radical (unpaired) electrons. The minimum atomic E-state index is -0.462. The third-order valence-corrected chi connectivity index (χ3v) is 5.81. The smallest absolute Gasteiger partial charge is 0.337 e. The molecule has 2 aromatic carbocycles. The number of nitrogens with zero attached hydrogens (tertiary/aromatic N) is 3. The van der Waals surface area contributed by atoms with Crippen LogP contribution in [0.5, 0.6) is 5.75 Å². The molecule has 9 heteroatoms. The zero-order valence-electron chi connectivity index (χ0n) is 18.1. The number of ether oxygens (including phenoxy) is 2. The minimum Gasteiger partial charge on any atom is -0.494 e. The van der Waals surface area contributed by atoms with Crippen LogP contribution >= 0.6 is 11.3 Å². The predicted molar refractivity (Wildman–Crippen MR) is 125 cm³/mol. The van der Waals surface area contributed by atoms with Crippen molar-refractivity contribution in [2.24, 2.45) is 0 Å². The number of methoxy groups -OCH3 is 1. The van der Waals surface area contributed by atoms with Crippen LogP contribution in [-0.2, 0) is 11.2 Å². The summed E-state index contributed by atoms with van der Waals surface area (Å²) in [4.78, 5) is 41.2. The van der Waals surface area contributed by atoms with Crippen LogP contribution in [0.15, 0.2) is 58.1 Å². The van der Waals surface area contributed by atoms with E-state index >= 15 is 0 Å². The summed E-state index contributed by atoms with van der Waals surface area (Å²) in [7, 11) is 1.32. The molecule has 0 aliphatic carbocycles. The van der Waals surface area contributed by atoms with Crippen LogP contribution in [0, 0.1) is 0 Å². The largest absolute Gasteiger partial charge is 0.494 e. The first-order valence-electron chi connectivity index (χ1n) is 10.3. The molecule has 0 fully saturated rings. The average Bonchev–Trinajstić information content (AvgIpc) is 3.12. The van der Waals surface area contributed by atoms with Crippen LogP contribution in [0.4, 0.5) is 0 Å². The fraction of sp³-hybridized carbons (Fsp3) is 0.208. The summed E-state index contributed by atoms with van der Waals surface area (Å²) in [5, 5.41) is 4.28. The molecule has 0 spiro atoms. The summed E-state index contributed by atoms with van der Waals surface area (Å²) in [5.74, 6) is 0.328. The van der Waals surface area contributed by atoms with E-state index in [1.165, 1.54) is 7.11 Å². The van der Waals surface area contributed by atoms with Gasteiger partial charge in [-0.15, -0.1) is 0 Å². The molecule has 0 aliphatic rings. The summed E-state index contributed by atoms with van der Waals surface area (Å²) in [5.41, 5.74) is 1.38. The maximum atomic E-state index is 12.9. The first kappa shape index (κ1) is 22.3. The van der Waals surface area contributed by atoms with Crippen molar-refractivity contribution >= 4 is 28.3 Å². The molecular weight excluding hydrogens is 442 g/mol. The van der Waals surface area contributed by atoms with E-state index in [9.17, 15) is 14.4 Å². The molecule has 8 nitrogen and oxygen atoms in total. The standard InChI is InChI=1S/C24H21N3O5S/c1-3-12-32-18-10-6-15(7-11-18)13-19-21(28)25-24-27(26-19)22(29)20(33-24)14-16-4-8-17(9-5-16)23(30)31-2/h4-11,14H,3,12-13H2,1-2H3. The maximum Gasteiger partial charge on any atom is 0.337 e. The summed E-state index contributed by atoms with van der Waals surface area (Å²) >= 11 is 1.09. The lowest BCUT2D eigenvalue weighted by atomic mass is 10.1. The second kappa shape index (κ2) is 9.74. The van der Waals surface area contributed by atoms with Gasteiger partial charge in [-0.3, -0.25) is 9.59 Å². The van der Waals surface area contributed by atoms with Crippen molar-refractivity contribution in [2.45, 2.75) is 19.8 Å². The SMILES string of the molecule is CCCOc1ccc(Cc2nn3c(=O)c(=Cc4ccc(C(=O)OC)cc4)sc3nc2=O)cc1. The van der Waals surface area contributed by atoms with Gasteiger partial charge in [0.1, 0.15) is 11.4 Å². The Labute approximate surface area is 192 Å². The van der Waals surface area contributed by atoms with Gasteiger partial charge in [0, 0.05) is 6.42 Å². The Bertz CT molecular complexity index is 1460. The van der Waals surface area contributed by atoms with Crippen LogP contribution < -0.4 is 20.4 Å². The van der Waals surface area contributed by atoms with Gasteiger partial charge in [0.25, 0.3) is 11.1 Å². The molecule has 0 atom stereocenters. The number of hydrogen-bond acceptors (Lipinski definition) is 8. The molecule has 0 bridgehead atoms. The number of aromatic nitrogens is 3. The molecule has 0 aliphatic heterocycles. The highest BCUT2D eigenvalue weighted by Crippen LogP contribution is 2.14. The van der Waals surface area contributed by atoms with Gasteiger partial charge < -0.3 is 9.47 Å². The summed E-state index contributed by atoms with van der Waals surface area (Å²) in [6, 6.07) is 14.1. The Morgan fingerprint density at radius 2 is 1.82 bits per heavy atom. The molecule has 2 heterocycles. The van der Waals surface area contributed by atoms with E-state index in [1.54, 1.807) is 30.3 Å². The highest BCUT2D eigenvalue weighted by molar-refractivity contribution is 7.15. The minimum absolute atomic E-state index is 0.193. The van der Waals surface area contributed by atoms with Crippen LogP contribution in [0.2, 0.25) is 0 Å². The van der Waals surface area contributed by atoms with E-state index in [0.717, 1.165) is 39.1 Å². The molecule has 168 valence electrons. The van der Waals surface area contributed by atoms with Crippen molar-refractivity contribution in [2.75, 3.05) is 13.7 Å². The van der Waals surface area contributed by atoms with Crippen molar-refractivity contribution < 1.29 is 14.3 Å². The maximum absolute atomic E-state index is 12.9. The van der Waals surface area contributed by atoms with E-state index in [4.69, 9.17) is 4.74 Å². The van der Waals surface area contributed by atoms with Crippen LogP contribution in [-0.4, -0.2) is 34.3 Å². The van der Waals surface area contributed by atoms with Crippen molar-refractivity contribution in [3.05, 3.63) is 96.2 Å². The first-order valence-corrected chi connectivity index (χ1v) is 11.1. The molecule has 0 saturated heterocycles. The molecule has 0 N–H and O–H groups in total. The molecule has 0 unspecified atom stereocenters. The lowest BCUT2D eigenvalue weighted by Gasteiger charge is -2.05. The Hall–Kier alpha value is -3.85. The molecule has 33 heavy (non-hydrogen) atoms. The van der Waals surface area contributed by atoms with E-state index in [1.807, 2.05) is 31.2 Å². The summed E-state index contributed by atoms with van der Waals surface area (Å²) in [6.45, 7) is 2.68. The summed E-state index contributed by atoms with van der Waals surface area (Å²) < 4.78 is 11.8. The number of benzene rings is 2. The Balaban J connectivity index is 1.63. The lowest BCUT2D eigenvalue weighted by Crippen LogP contribution is -2.28. The molecule has 2 aromatic heterocycles. The second-order valence-electron chi connectivity index (χ2n) is 7.26. The van der Waals surface area contributed by atoms with Crippen molar-refractivity contribution in [1.29, 1.82) is 0 Å². The summed E-state index contributed by atoms with van der Waals surface area (Å²) in [6.07, 6.45) is 2.85. The number of carbonyl (C=O) groups is 1. The zero-order valence-corrected chi connectivity index (χ0v) is 18.9. The number of rotatable bonds is 7. The van der Waals surface area contributed by atoms with Crippen molar-refractivity contribution in [3.8, 4) is 5.75 Å². The van der Waals surface area contributed by atoms with Gasteiger partial charge in [-0.05, 0) is 47.9 Å². The topological polar surface area (TPSA) is 99.9 Å². The number of esters is 1. The van der Waals surface area contributed by atoms with Gasteiger partial charge in [0.2, 0.25) is 4.96 Å². The van der Waals surface area contributed by atoms with E-state index in [0.29, 0.717) is 16.7 Å². The fourth-order valence-electron chi connectivity index (χ4n) is 3.15. The Morgan fingerprint density at radius 1 is 1.09 bits per heavy atom. The third-order valence-electron chi connectivity index (χ3n) is 4.85. The number of fused-ring (bicyclic) bond motifs is 1. The fourth-order valence-corrected chi connectivity index (χ4v) is 4.06. The Morgan fingerprint density at radius 3 is 2.48 bits per heavy atom. The van der Waals surface area contributed by atoms with Crippen molar-refractivity contribution in [3.63, 3.8) is 0 Å². The average molecular weight is 464 g/mol. The highest BCUT2D eigenvalue weighted by atomic mass is 32.1. The van der Waals surface area contributed by atoms with Crippen LogP contribution in [0.3, 0.4) is 0 Å². The monoisotopic (exact) mass is 463 g/mol. The van der Waals surface area contributed by atoms with Gasteiger partial charge in [-0.2, -0.15) is 14.6 Å². The van der Waals surface area contributed by atoms with Gasteiger partial charge in [-0.1, -0.05) is 42.5 Å². The van der Waals surface area contributed by atoms with Gasteiger partial charge in [-0.25, -0.2) is 4.79 Å². The number of hydrogen-bond donors (Lipinski definition) is 0. The molecule has 0 amide bonds. The van der Waals surface area contributed by atoms with E-state index in [2.05, 4.69) is 14.8 Å². The third kappa shape index (κ3) is 4.98. The van der Waals surface area contributed by atoms with E-state index < -0.39 is 11.5 Å². The number of thiazole rings is 1.